The van der Waals surface area contributed by atoms with E-state index in [1.165, 1.54) is 0 Å². The highest BCUT2D eigenvalue weighted by Gasteiger charge is 2.25. The van der Waals surface area contributed by atoms with Crippen LogP contribution in [0.4, 0.5) is 5.82 Å². The lowest BCUT2D eigenvalue weighted by molar-refractivity contribution is -0.131. The molecular formula is C34H37N5O4. The Morgan fingerprint density at radius 3 is 2.23 bits per heavy atom. The Hall–Kier alpha value is -4.92. The van der Waals surface area contributed by atoms with Gasteiger partial charge in [0.25, 0.3) is 5.91 Å². The van der Waals surface area contributed by atoms with E-state index in [-0.39, 0.29) is 18.4 Å². The first-order valence-electron chi connectivity index (χ1n) is 14.5. The van der Waals surface area contributed by atoms with E-state index in [1.54, 1.807) is 31.3 Å². The Bertz CT molecular complexity index is 1500. The molecule has 4 aromatic rings. The molecule has 0 bridgehead atoms. The molecule has 9 nitrogen and oxygen atoms in total. The van der Waals surface area contributed by atoms with Crippen LogP contribution in [0.2, 0.25) is 0 Å². The van der Waals surface area contributed by atoms with Crippen molar-refractivity contribution in [3.8, 4) is 22.8 Å². The molecule has 3 aromatic carbocycles. The maximum atomic E-state index is 13.5. The lowest BCUT2D eigenvalue weighted by Gasteiger charge is -2.27. The van der Waals surface area contributed by atoms with Crippen LogP contribution in [-0.2, 0) is 11.2 Å². The molecule has 1 aliphatic rings. The molecule has 0 aliphatic carbocycles. The van der Waals surface area contributed by atoms with Crippen molar-refractivity contribution >= 4 is 17.6 Å². The van der Waals surface area contributed by atoms with Crippen LogP contribution in [-0.4, -0.2) is 85.3 Å². The van der Waals surface area contributed by atoms with E-state index in [0.29, 0.717) is 49.7 Å². The second-order valence-electron chi connectivity index (χ2n) is 10.4. The highest BCUT2D eigenvalue weighted by Crippen LogP contribution is 2.31. The van der Waals surface area contributed by atoms with Crippen LogP contribution < -0.4 is 14.4 Å². The van der Waals surface area contributed by atoms with Crippen molar-refractivity contribution in [2.45, 2.75) is 12.8 Å². The average Bonchev–Trinajstić information content (AvgIpc) is 3.33. The minimum absolute atomic E-state index is 0.0421. The minimum Gasteiger partial charge on any atom is -0.493 e. The van der Waals surface area contributed by atoms with Gasteiger partial charge in [0.15, 0.2) is 17.3 Å². The van der Waals surface area contributed by atoms with Crippen LogP contribution in [0.15, 0.2) is 91.0 Å². The predicted octanol–water partition coefficient (Wildman–Crippen LogP) is 4.58. The van der Waals surface area contributed by atoms with Crippen LogP contribution in [0.25, 0.3) is 11.3 Å². The van der Waals surface area contributed by atoms with Gasteiger partial charge >= 0.3 is 0 Å². The van der Waals surface area contributed by atoms with E-state index in [0.717, 1.165) is 35.6 Å². The molecule has 2 heterocycles. The number of benzene rings is 3. The lowest BCUT2D eigenvalue weighted by Crippen LogP contribution is -2.45. The van der Waals surface area contributed by atoms with E-state index >= 15 is 0 Å². The zero-order valence-corrected chi connectivity index (χ0v) is 24.7. The molecule has 222 valence electrons. The standard InChI is InChI=1S/C34H37N5O4/c1-42-30-16-14-28(24-31(30)43-2)29-15-17-32(36-35-29)37-19-9-20-38(23-22-37)33(40)25-39(21-18-26-10-5-3-6-11-26)34(41)27-12-7-4-8-13-27/h3-8,10-17,24H,9,18-23,25H2,1-2H3. The van der Waals surface area contributed by atoms with Crippen LogP contribution >= 0.6 is 0 Å². The van der Waals surface area contributed by atoms with Crippen LogP contribution in [0, 0.1) is 0 Å². The Labute approximate surface area is 252 Å². The van der Waals surface area contributed by atoms with Crippen molar-refractivity contribution in [2.24, 2.45) is 0 Å². The summed E-state index contributed by atoms with van der Waals surface area (Å²) in [4.78, 5) is 32.6. The number of methoxy groups -OCH3 is 2. The predicted molar refractivity (Wildman–Crippen MR) is 166 cm³/mol. The summed E-state index contributed by atoms with van der Waals surface area (Å²) in [7, 11) is 3.21. The summed E-state index contributed by atoms with van der Waals surface area (Å²) in [6, 6.07) is 28.7. The van der Waals surface area contributed by atoms with E-state index in [4.69, 9.17) is 9.47 Å². The Kier molecular flexibility index (Phi) is 9.84. The lowest BCUT2D eigenvalue weighted by atomic mass is 10.1. The largest absolute Gasteiger partial charge is 0.493 e. The first kappa shape index (κ1) is 29.6. The summed E-state index contributed by atoms with van der Waals surface area (Å²) in [6.07, 6.45) is 1.47. The number of hydrogen-bond donors (Lipinski definition) is 0. The van der Waals surface area contributed by atoms with E-state index in [1.807, 2.05) is 83.8 Å². The summed E-state index contributed by atoms with van der Waals surface area (Å²) in [5.41, 5.74) is 3.33. The maximum Gasteiger partial charge on any atom is 0.254 e. The van der Waals surface area contributed by atoms with Gasteiger partial charge in [0.05, 0.1) is 19.9 Å². The fourth-order valence-corrected chi connectivity index (χ4v) is 5.23. The molecule has 0 saturated carbocycles. The Balaban J connectivity index is 1.22. The third-order valence-electron chi connectivity index (χ3n) is 7.65. The summed E-state index contributed by atoms with van der Waals surface area (Å²) >= 11 is 0. The molecule has 0 atom stereocenters. The molecule has 1 fully saturated rings. The highest BCUT2D eigenvalue weighted by atomic mass is 16.5. The van der Waals surface area contributed by atoms with Crippen LogP contribution in [0.5, 0.6) is 11.5 Å². The SMILES string of the molecule is COc1ccc(-c2ccc(N3CCCN(C(=O)CN(CCc4ccccc4)C(=O)c4ccccc4)CC3)nn2)cc1OC. The zero-order chi connectivity index (χ0) is 30.0. The quantitative estimate of drug-likeness (QED) is 0.272. The van der Waals surface area contributed by atoms with Gasteiger partial charge in [-0.05, 0) is 60.9 Å². The van der Waals surface area contributed by atoms with Gasteiger partial charge in [-0.25, -0.2) is 0 Å². The molecule has 5 rings (SSSR count). The van der Waals surface area contributed by atoms with Crippen molar-refractivity contribution in [3.63, 3.8) is 0 Å². The van der Waals surface area contributed by atoms with Gasteiger partial charge < -0.3 is 24.2 Å². The number of nitrogens with zero attached hydrogens (tertiary/aromatic N) is 5. The summed E-state index contributed by atoms with van der Waals surface area (Å²) < 4.78 is 10.7. The van der Waals surface area contributed by atoms with E-state index in [2.05, 4.69) is 15.1 Å². The fourth-order valence-electron chi connectivity index (χ4n) is 5.23. The van der Waals surface area contributed by atoms with Gasteiger partial charge in [-0.1, -0.05) is 48.5 Å². The number of aromatic nitrogens is 2. The van der Waals surface area contributed by atoms with Crippen molar-refractivity contribution < 1.29 is 19.1 Å². The molecule has 9 heteroatoms. The third-order valence-corrected chi connectivity index (χ3v) is 7.65. The number of anilines is 1. The first-order valence-corrected chi connectivity index (χ1v) is 14.5. The normalized spacial score (nSPS) is 13.3. The average molecular weight is 580 g/mol. The van der Waals surface area contributed by atoms with Gasteiger partial charge in [0, 0.05) is 43.9 Å². The van der Waals surface area contributed by atoms with E-state index in [9.17, 15) is 9.59 Å². The smallest absolute Gasteiger partial charge is 0.254 e. The molecular weight excluding hydrogens is 542 g/mol. The second kappa shape index (κ2) is 14.3. The third kappa shape index (κ3) is 7.48. The number of rotatable bonds is 10. The van der Waals surface area contributed by atoms with Crippen molar-refractivity contribution in [1.82, 2.24) is 20.0 Å². The van der Waals surface area contributed by atoms with Gasteiger partial charge in [0.2, 0.25) is 5.91 Å². The summed E-state index contributed by atoms with van der Waals surface area (Å²) in [5.74, 6) is 1.87. The molecule has 1 aliphatic heterocycles. The van der Waals surface area contributed by atoms with Gasteiger partial charge in [-0.2, -0.15) is 0 Å². The van der Waals surface area contributed by atoms with Crippen LogP contribution in [0.1, 0.15) is 22.3 Å². The van der Waals surface area contributed by atoms with Gasteiger partial charge in [-0.3, -0.25) is 9.59 Å². The number of ether oxygens (including phenoxy) is 2. The van der Waals surface area contributed by atoms with E-state index < -0.39 is 0 Å². The molecule has 2 amide bonds. The molecule has 0 N–H and O–H groups in total. The topological polar surface area (TPSA) is 88.1 Å². The van der Waals surface area contributed by atoms with Crippen molar-refractivity contribution in [1.29, 1.82) is 0 Å². The Morgan fingerprint density at radius 2 is 1.53 bits per heavy atom. The molecule has 0 radical (unpaired) electrons. The molecule has 1 saturated heterocycles. The number of amides is 2. The number of carbonyl (C=O) groups is 2. The monoisotopic (exact) mass is 579 g/mol. The van der Waals surface area contributed by atoms with Crippen LogP contribution in [0.3, 0.4) is 0 Å². The second-order valence-corrected chi connectivity index (χ2v) is 10.4. The number of carbonyl (C=O) groups excluding carboxylic acids is 2. The highest BCUT2D eigenvalue weighted by molar-refractivity contribution is 5.96. The van der Waals surface area contributed by atoms with Crippen molar-refractivity contribution in [2.75, 3.05) is 58.4 Å². The molecule has 1 aromatic heterocycles. The molecule has 43 heavy (non-hydrogen) atoms. The van der Waals surface area contributed by atoms with Gasteiger partial charge in [0.1, 0.15) is 6.54 Å². The molecule has 0 spiro atoms. The number of hydrogen-bond acceptors (Lipinski definition) is 7. The fraction of sp³-hybridized carbons (Fsp3) is 0.294. The zero-order valence-electron chi connectivity index (χ0n) is 24.7. The summed E-state index contributed by atoms with van der Waals surface area (Å²) in [5, 5.41) is 8.95. The first-order chi connectivity index (χ1) is 21.1. The molecule has 0 unspecified atom stereocenters. The summed E-state index contributed by atoms with van der Waals surface area (Å²) in [6.45, 7) is 3.07. The minimum atomic E-state index is -0.133. The Morgan fingerprint density at radius 1 is 0.791 bits per heavy atom. The maximum absolute atomic E-state index is 13.5. The van der Waals surface area contributed by atoms with Crippen molar-refractivity contribution in [3.05, 3.63) is 102 Å². The van der Waals surface area contributed by atoms with Gasteiger partial charge in [-0.15, -0.1) is 10.2 Å².